The Morgan fingerprint density at radius 2 is 1.45 bits per heavy atom. The van der Waals surface area contributed by atoms with Gasteiger partial charge in [0.2, 0.25) is 0 Å². The van der Waals surface area contributed by atoms with E-state index in [0.717, 1.165) is 0 Å². The van der Waals surface area contributed by atoms with E-state index in [2.05, 4.69) is 5.32 Å². The van der Waals surface area contributed by atoms with Crippen LogP contribution in [0.1, 0.15) is 20.7 Å². The second-order valence-electron chi connectivity index (χ2n) is 4.24. The number of benzene rings is 2. The van der Waals surface area contributed by atoms with E-state index < -0.39 is 18.0 Å². The van der Waals surface area contributed by atoms with E-state index in [1.807, 2.05) is 0 Å². The molecule has 0 aliphatic carbocycles. The monoisotopic (exact) mass is 300 g/mol. The van der Waals surface area contributed by atoms with Gasteiger partial charge in [0.05, 0.1) is 16.8 Å². The van der Waals surface area contributed by atoms with Crippen LogP contribution in [0.4, 0.5) is 16.2 Å². The third-order valence-corrected chi connectivity index (χ3v) is 2.75. The van der Waals surface area contributed by atoms with E-state index in [-0.39, 0.29) is 22.5 Å². The molecule has 4 N–H and O–H groups in total. The molecule has 0 aliphatic rings. The molecule has 0 unspecified atom stereocenters. The fourth-order valence-electron chi connectivity index (χ4n) is 1.76. The molecule has 0 bridgehead atoms. The molecule has 22 heavy (non-hydrogen) atoms. The average Bonchev–Trinajstić information content (AvgIpc) is 2.47. The third-order valence-electron chi connectivity index (χ3n) is 2.75. The first kappa shape index (κ1) is 15.0. The van der Waals surface area contributed by atoms with Crippen molar-refractivity contribution in [3.63, 3.8) is 0 Å². The Balaban J connectivity index is 2.21. The number of para-hydroxylation sites is 2. The number of nitrogens with one attached hydrogen (secondary N) is 1. The molecule has 0 aliphatic heterocycles. The van der Waals surface area contributed by atoms with Crippen LogP contribution in [0.5, 0.6) is 0 Å². The molecule has 0 spiro atoms. The minimum Gasteiger partial charge on any atom is -0.465 e. The molecular formula is C15H12N2O5. The highest BCUT2D eigenvalue weighted by atomic mass is 16.6. The van der Waals surface area contributed by atoms with Gasteiger partial charge in [0, 0.05) is 5.69 Å². The first-order valence-corrected chi connectivity index (χ1v) is 6.19. The van der Waals surface area contributed by atoms with E-state index in [4.69, 9.17) is 15.6 Å². The number of nitrogens with two attached hydrogens (primary N) is 1. The van der Waals surface area contributed by atoms with E-state index in [0.29, 0.717) is 0 Å². The zero-order chi connectivity index (χ0) is 16.1. The third kappa shape index (κ3) is 3.40. The Morgan fingerprint density at radius 3 is 2.09 bits per heavy atom. The van der Waals surface area contributed by atoms with Crippen LogP contribution in [0, 0.1) is 0 Å². The average molecular weight is 300 g/mol. The summed E-state index contributed by atoms with van der Waals surface area (Å²) in [4.78, 5) is 34.6. The summed E-state index contributed by atoms with van der Waals surface area (Å²) in [7, 11) is 0. The van der Waals surface area contributed by atoms with Crippen molar-refractivity contribution in [2.75, 3.05) is 11.1 Å². The van der Waals surface area contributed by atoms with Crippen LogP contribution in [-0.2, 0) is 4.74 Å². The molecule has 0 heterocycles. The minimum atomic E-state index is -1.33. The number of carboxylic acid groups (broad SMARTS) is 1. The van der Waals surface area contributed by atoms with Gasteiger partial charge in [-0.3, -0.25) is 5.32 Å². The maximum Gasteiger partial charge on any atom is 0.409 e. The Morgan fingerprint density at radius 1 is 0.909 bits per heavy atom. The summed E-state index contributed by atoms with van der Waals surface area (Å²) >= 11 is 0. The quantitative estimate of drug-likeness (QED) is 0.455. The number of carbonyl (C=O) groups is 3. The summed E-state index contributed by atoms with van der Waals surface area (Å²) < 4.78 is 4.73. The molecule has 0 fully saturated rings. The van der Waals surface area contributed by atoms with Crippen molar-refractivity contribution in [1.82, 2.24) is 0 Å². The lowest BCUT2D eigenvalue weighted by atomic mass is 10.1. The zero-order valence-corrected chi connectivity index (χ0v) is 11.3. The van der Waals surface area contributed by atoms with Crippen molar-refractivity contribution in [2.24, 2.45) is 0 Å². The van der Waals surface area contributed by atoms with Gasteiger partial charge in [0.25, 0.3) is 0 Å². The maximum absolute atomic E-state index is 12.0. The summed E-state index contributed by atoms with van der Waals surface area (Å²) in [6.45, 7) is 0. The van der Waals surface area contributed by atoms with E-state index >= 15 is 0 Å². The number of rotatable bonds is 3. The summed E-state index contributed by atoms with van der Waals surface area (Å²) in [5.74, 6) is -1.88. The Hall–Kier alpha value is -3.35. The highest BCUT2D eigenvalue weighted by molar-refractivity contribution is 6.07. The standard InChI is InChI=1S/C15H12N2O5/c16-11-7-3-1-5-9(11)13(18)22-14(19)10-6-2-4-8-12(10)17-15(20)21/h1-8,17H,16H2,(H,20,21). The second kappa shape index (κ2) is 6.40. The van der Waals surface area contributed by atoms with Crippen molar-refractivity contribution in [3.8, 4) is 0 Å². The molecule has 0 saturated heterocycles. The molecule has 0 radical (unpaired) electrons. The number of nitrogen functional groups attached to an aromatic ring is 1. The minimum absolute atomic E-state index is 0.0221. The van der Waals surface area contributed by atoms with Gasteiger partial charge < -0.3 is 15.6 Å². The van der Waals surface area contributed by atoms with Crippen LogP contribution in [0.15, 0.2) is 48.5 Å². The Labute approximate surface area is 125 Å². The zero-order valence-electron chi connectivity index (χ0n) is 11.3. The van der Waals surface area contributed by atoms with Gasteiger partial charge in [-0.2, -0.15) is 0 Å². The van der Waals surface area contributed by atoms with Crippen LogP contribution < -0.4 is 11.1 Å². The normalized spacial score (nSPS) is 9.82. The Bertz CT molecular complexity index is 742. The van der Waals surface area contributed by atoms with Gasteiger partial charge in [-0.15, -0.1) is 0 Å². The lowest BCUT2D eigenvalue weighted by Gasteiger charge is -2.09. The van der Waals surface area contributed by atoms with Gasteiger partial charge in [0.1, 0.15) is 0 Å². The highest BCUT2D eigenvalue weighted by Gasteiger charge is 2.19. The first-order chi connectivity index (χ1) is 10.5. The number of esters is 2. The number of anilines is 2. The highest BCUT2D eigenvalue weighted by Crippen LogP contribution is 2.18. The fourth-order valence-corrected chi connectivity index (χ4v) is 1.76. The van der Waals surface area contributed by atoms with Gasteiger partial charge in [-0.05, 0) is 24.3 Å². The number of hydrogen-bond acceptors (Lipinski definition) is 5. The number of carbonyl (C=O) groups excluding carboxylic acids is 2. The van der Waals surface area contributed by atoms with Crippen LogP contribution >= 0.6 is 0 Å². The molecule has 0 atom stereocenters. The fraction of sp³-hybridized carbons (Fsp3) is 0. The summed E-state index contributed by atoms with van der Waals surface area (Å²) in [6, 6.07) is 11.9. The molecule has 2 rings (SSSR count). The lowest BCUT2D eigenvalue weighted by molar-refractivity contribution is 0.0399. The van der Waals surface area contributed by atoms with Gasteiger partial charge in [-0.25, -0.2) is 14.4 Å². The summed E-state index contributed by atoms with van der Waals surface area (Å²) in [5.41, 5.74) is 5.81. The predicted octanol–water partition coefficient (Wildman–Crippen LogP) is 2.36. The number of hydrogen-bond donors (Lipinski definition) is 3. The molecule has 7 nitrogen and oxygen atoms in total. The van der Waals surface area contributed by atoms with Crippen molar-refractivity contribution in [3.05, 3.63) is 59.7 Å². The van der Waals surface area contributed by atoms with Crippen LogP contribution in [-0.4, -0.2) is 23.1 Å². The molecule has 0 aromatic heterocycles. The van der Waals surface area contributed by atoms with Crippen molar-refractivity contribution < 1.29 is 24.2 Å². The molecular weight excluding hydrogens is 288 g/mol. The first-order valence-electron chi connectivity index (χ1n) is 6.19. The molecule has 112 valence electrons. The Kier molecular flexibility index (Phi) is 4.38. The predicted molar refractivity (Wildman–Crippen MR) is 78.7 cm³/mol. The lowest BCUT2D eigenvalue weighted by Crippen LogP contribution is -2.17. The molecule has 1 amide bonds. The van der Waals surface area contributed by atoms with Crippen molar-refractivity contribution >= 4 is 29.4 Å². The van der Waals surface area contributed by atoms with Crippen molar-refractivity contribution in [1.29, 1.82) is 0 Å². The largest absolute Gasteiger partial charge is 0.465 e. The second-order valence-corrected chi connectivity index (χ2v) is 4.24. The van der Waals surface area contributed by atoms with Crippen molar-refractivity contribution in [2.45, 2.75) is 0 Å². The van der Waals surface area contributed by atoms with E-state index in [1.165, 1.54) is 30.3 Å². The van der Waals surface area contributed by atoms with E-state index in [9.17, 15) is 14.4 Å². The summed E-state index contributed by atoms with van der Waals surface area (Å²) in [5, 5.41) is 10.8. The SMILES string of the molecule is Nc1ccccc1C(=O)OC(=O)c1ccccc1NC(=O)O. The topological polar surface area (TPSA) is 119 Å². The molecule has 2 aromatic carbocycles. The molecule has 2 aromatic rings. The molecule has 7 heteroatoms. The summed E-state index contributed by atoms with van der Waals surface area (Å²) in [6.07, 6.45) is -1.33. The van der Waals surface area contributed by atoms with Gasteiger partial charge >= 0.3 is 18.0 Å². The van der Waals surface area contributed by atoms with Gasteiger partial charge in [-0.1, -0.05) is 24.3 Å². The van der Waals surface area contributed by atoms with E-state index in [1.54, 1.807) is 18.2 Å². The number of amides is 1. The molecule has 0 saturated carbocycles. The van der Waals surface area contributed by atoms with Crippen LogP contribution in [0.3, 0.4) is 0 Å². The smallest absolute Gasteiger partial charge is 0.409 e. The van der Waals surface area contributed by atoms with Crippen LogP contribution in [0.2, 0.25) is 0 Å². The van der Waals surface area contributed by atoms with Gasteiger partial charge in [0.15, 0.2) is 0 Å². The van der Waals surface area contributed by atoms with Crippen LogP contribution in [0.25, 0.3) is 0 Å². The maximum atomic E-state index is 12.0. The number of ether oxygens (including phenoxy) is 1.